The monoisotopic (exact) mass is 572 g/mol. The van der Waals surface area contributed by atoms with Crippen LogP contribution in [0.5, 0.6) is 17.2 Å². The first-order chi connectivity index (χ1) is 18.8. The van der Waals surface area contributed by atoms with Gasteiger partial charge in [-0.05, 0) is 66.6 Å². The van der Waals surface area contributed by atoms with Gasteiger partial charge in [-0.2, -0.15) is 5.10 Å². The fourth-order valence-corrected chi connectivity index (χ4v) is 3.42. The van der Waals surface area contributed by atoms with Crippen molar-refractivity contribution in [3.63, 3.8) is 0 Å². The van der Waals surface area contributed by atoms with Crippen molar-refractivity contribution in [2.45, 2.75) is 13.3 Å². The molecule has 0 saturated heterocycles. The van der Waals surface area contributed by atoms with E-state index >= 15 is 0 Å². The number of methoxy groups -OCH3 is 1. The molecule has 0 aliphatic rings. The molecule has 10 nitrogen and oxygen atoms in total. The first kappa shape index (κ1) is 29.3. The number of hydrogen-bond donors (Lipinski definition) is 3. The van der Waals surface area contributed by atoms with Crippen LogP contribution in [0.3, 0.4) is 0 Å². The maximum atomic E-state index is 12.3. The minimum absolute atomic E-state index is 0.227. The number of hydrazone groups is 1. The van der Waals surface area contributed by atoms with Crippen molar-refractivity contribution in [2.24, 2.45) is 5.10 Å². The molecule has 0 aliphatic carbocycles. The molecule has 12 heteroatoms. The summed E-state index contributed by atoms with van der Waals surface area (Å²) in [5.74, 6) is -0.988. The van der Waals surface area contributed by atoms with E-state index in [1.54, 1.807) is 60.7 Å². The van der Waals surface area contributed by atoms with Crippen molar-refractivity contribution < 1.29 is 28.6 Å². The molecule has 0 aliphatic heterocycles. The van der Waals surface area contributed by atoms with E-state index < -0.39 is 17.7 Å². The Labute approximate surface area is 235 Å². The van der Waals surface area contributed by atoms with Crippen LogP contribution in [0.25, 0.3) is 0 Å². The van der Waals surface area contributed by atoms with Gasteiger partial charge in [0, 0.05) is 5.69 Å². The van der Waals surface area contributed by atoms with Crippen molar-refractivity contribution in [3.8, 4) is 17.2 Å². The van der Waals surface area contributed by atoms with E-state index in [9.17, 15) is 14.4 Å². The standard InChI is InChI=1S/C27H26Cl2N4O6/c1-3-13-38-19-10-8-18(9-11-19)31-26(35)27(36)33-30-15-17-7-12-22(23(14-17)37-2)39-16-24(34)32-21-6-4-5-20(28)25(21)29/h4-12,14-15H,3,13,16H2,1-2H3,(H,31,35)(H,32,34)(H,33,36)/b30-15-. The summed E-state index contributed by atoms with van der Waals surface area (Å²) in [6.07, 6.45) is 2.20. The fourth-order valence-electron chi connectivity index (χ4n) is 3.07. The van der Waals surface area contributed by atoms with Crippen LogP contribution < -0.4 is 30.3 Å². The summed E-state index contributed by atoms with van der Waals surface area (Å²) in [4.78, 5) is 36.5. The second-order valence-electron chi connectivity index (χ2n) is 7.87. The average molecular weight is 573 g/mol. The molecule has 0 unspecified atom stereocenters. The Balaban J connectivity index is 1.50. The molecule has 39 heavy (non-hydrogen) atoms. The zero-order chi connectivity index (χ0) is 28.2. The van der Waals surface area contributed by atoms with Gasteiger partial charge in [0.1, 0.15) is 5.75 Å². The van der Waals surface area contributed by atoms with Crippen LogP contribution in [-0.4, -0.2) is 44.3 Å². The first-order valence-electron chi connectivity index (χ1n) is 11.7. The Bertz CT molecular complexity index is 1350. The molecule has 0 bridgehead atoms. The normalized spacial score (nSPS) is 10.6. The molecule has 3 rings (SSSR count). The third kappa shape index (κ3) is 8.91. The van der Waals surface area contributed by atoms with E-state index in [-0.39, 0.29) is 11.6 Å². The van der Waals surface area contributed by atoms with E-state index in [4.69, 9.17) is 37.4 Å². The number of ether oxygens (including phenoxy) is 3. The quantitative estimate of drug-likeness (QED) is 0.170. The molecule has 0 aromatic heterocycles. The lowest BCUT2D eigenvalue weighted by molar-refractivity contribution is -0.136. The molecular formula is C27H26Cl2N4O6. The van der Waals surface area contributed by atoms with Crippen molar-refractivity contribution in [2.75, 3.05) is 31.0 Å². The van der Waals surface area contributed by atoms with Gasteiger partial charge < -0.3 is 24.8 Å². The van der Waals surface area contributed by atoms with Crippen LogP contribution in [0.4, 0.5) is 11.4 Å². The number of carbonyl (C=O) groups excluding carboxylic acids is 3. The molecule has 0 radical (unpaired) electrons. The Morgan fingerprint density at radius 2 is 1.69 bits per heavy atom. The summed E-state index contributed by atoms with van der Waals surface area (Å²) in [5.41, 5.74) is 3.50. The smallest absolute Gasteiger partial charge is 0.329 e. The number of amides is 3. The van der Waals surface area contributed by atoms with Crippen LogP contribution in [0, 0.1) is 0 Å². The topological polar surface area (TPSA) is 127 Å². The SMILES string of the molecule is CCCOc1ccc(NC(=O)C(=O)N/N=C\c2ccc(OCC(=O)Nc3cccc(Cl)c3Cl)c(OC)c2)cc1. The number of nitrogens with one attached hydrogen (secondary N) is 3. The number of nitrogens with zero attached hydrogens (tertiary/aromatic N) is 1. The van der Waals surface area contributed by atoms with Gasteiger partial charge in [0.15, 0.2) is 18.1 Å². The number of hydrogen-bond acceptors (Lipinski definition) is 7. The lowest BCUT2D eigenvalue weighted by Crippen LogP contribution is -2.32. The van der Waals surface area contributed by atoms with Gasteiger partial charge in [0.05, 0.1) is 35.7 Å². The highest BCUT2D eigenvalue weighted by Gasteiger charge is 2.14. The summed E-state index contributed by atoms with van der Waals surface area (Å²) < 4.78 is 16.4. The van der Waals surface area contributed by atoms with E-state index in [2.05, 4.69) is 21.2 Å². The maximum Gasteiger partial charge on any atom is 0.329 e. The molecule has 204 valence electrons. The molecule has 3 aromatic carbocycles. The second-order valence-corrected chi connectivity index (χ2v) is 8.66. The minimum atomic E-state index is -0.949. The largest absolute Gasteiger partial charge is 0.494 e. The number of carbonyl (C=O) groups is 3. The zero-order valence-corrected chi connectivity index (χ0v) is 22.6. The summed E-state index contributed by atoms with van der Waals surface area (Å²) in [7, 11) is 1.43. The first-order valence-corrected chi connectivity index (χ1v) is 12.5. The van der Waals surface area contributed by atoms with E-state index in [0.29, 0.717) is 45.8 Å². The molecule has 3 aromatic rings. The summed E-state index contributed by atoms with van der Waals surface area (Å²) in [6, 6.07) is 16.3. The highest BCUT2D eigenvalue weighted by molar-refractivity contribution is 6.44. The second kappa shape index (κ2) is 14.6. The van der Waals surface area contributed by atoms with Crippen LogP contribution in [-0.2, 0) is 14.4 Å². The molecule has 3 amide bonds. The third-order valence-electron chi connectivity index (χ3n) is 4.94. The highest BCUT2D eigenvalue weighted by Crippen LogP contribution is 2.30. The molecule has 0 fully saturated rings. The van der Waals surface area contributed by atoms with Crippen LogP contribution in [0.2, 0.25) is 10.0 Å². The third-order valence-corrected chi connectivity index (χ3v) is 5.76. The molecule has 0 heterocycles. The Morgan fingerprint density at radius 1 is 0.923 bits per heavy atom. The average Bonchev–Trinajstić information content (AvgIpc) is 2.94. The number of anilines is 2. The predicted octanol–water partition coefficient (Wildman–Crippen LogP) is 4.90. The van der Waals surface area contributed by atoms with Crippen LogP contribution in [0.15, 0.2) is 65.8 Å². The summed E-state index contributed by atoms with van der Waals surface area (Å²) in [6.45, 7) is 2.28. The van der Waals surface area contributed by atoms with Gasteiger partial charge in [0.2, 0.25) is 0 Å². The summed E-state index contributed by atoms with van der Waals surface area (Å²) >= 11 is 12.0. The van der Waals surface area contributed by atoms with Crippen molar-refractivity contribution >= 4 is 58.5 Å². The van der Waals surface area contributed by atoms with Crippen molar-refractivity contribution in [1.82, 2.24) is 5.43 Å². The number of benzene rings is 3. The molecule has 0 saturated carbocycles. The predicted molar refractivity (Wildman–Crippen MR) is 150 cm³/mol. The van der Waals surface area contributed by atoms with Crippen LogP contribution in [0.1, 0.15) is 18.9 Å². The fraction of sp³-hybridized carbons (Fsp3) is 0.185. The summed E-state index contributed by atoms with van der Waals surface area (Å²) in [5, 5.41) is 9.45. The van der Waals surface area contributed by atoms with Gasteiger partial charge in [0.25, 0.3) is 5.91 Å². The molecule has 0 spiro atoms. The molecular weight excluding hydrogens is 547 g/mol. The zero-order valence-electron chi connectivity index (χ0n) is 21.1. The Hall–Kier alpha value is -4.28. The lowest BCUT2D eigenvalue weighted by atomic mass is 10.2. The number of halogens is 2. The highest BCUT2D eigenvalue weighted by atomic mass is 35.5. The Morgan fingerprint density at radius 3 is 2.41 bits per heavy atom. The van der Waals surface area contributed by atoms with Crippen molar-refractivity contribution in [1.29, 1.82) is 0 Å². The lowest BCUT2D eigenvalue weighted by Gasteiger charge is -2.12. The molecule has 0 atom stereocenters. The molecule has 3 N–H and O–H groups in total. The van der Waals surface area contributed by atoms with Crippen molar-refractivity contribution in [3.05, 3.63) is 76.3 Å². The van der Waals surface area contributed by atoms with Crippen LogP contribution >= 0.6 is 23.2 Å². The van der Waals surface area contributed by atoms with Gasteiger partial charge in [-0.25, -0.2) is 5.43 Å². The van der Waals surface area contributed by atoms with Gasteiger partial charge in [-0.1, -0.05) is 36.2 Å². The maximum absolute atomic E-state index is 12.3. The van der Waals surface area contributed by atoms with Gasteiger partial charge in [-0.15, -0.1) is 0 Å². The number of rotatable bonds is 11. The van der Waals surface area contributed by atoms with Gasteiger partial charge >= 0.3 is 11.8 Å². The van der Waals surface area contributed by atoms with Gasteiger partial charge in [-0.3, -0.25) is 14.4 Å². The Kier molecular flexibility index (Phi) is 11.0. The minimum Gasteiger partial charge on any atom is -0.494 e. The van der Waals surface area contributed by atoms with E-state index in [0.717, 1.165) is 6.42 Å². The van der Waals surface area contributed by atoms with E-state index in [1.807, 2.05) is 6.92 Å². The van der Waals surface area contributed by atoms with E-state index in [1.165, 1.54) is 13.3 Å².